The normalized spacial score (nSPS) is 13.4. The second kappa shape index (κ2) is 8.01. The molecule has 4 nitrogen and oxygen atoms in total. The van der Waals surface area contributed by atoms with Gasteiger partial charge in [0.25, 0.3) is 0 Å². The zero-order valence-electron chi connectivity index (χ0n) is 13.4. The van der Waals surface area contributed by atoms with Crippen molar-refractivity contribution >= 4 is 11.6 Å². The molecule has 0 aliphatic rings. The van der Waals surface area contributed by atoms with E-state index in [9.17, 15) is 5.11 Å². The summed E-state index contributed by atoms with van der Waals surface area (Å²) in [7, 11) is 0. The Hall–Kier alpha value is -0.580. The fourth-order valence-corrected chi connectivity index (χ4v) is 2.55. The number of aromatic nitrogens is 2. The van der Waals surface area contributed by atoms with Crippen LogP contribution in [0.15, 0.2) is 0 Å². The first kappa shape index (κ1) is 17.5. The van der Waals surface area contributed by atoms with Gasteiger partial charge in [0.15, 0.2) is 0 Å². The number of aliphatic hydroxyl groups is 1. The molecule has 5 heteroatoms. The Balaban J connectivity index is 2.86. The predicted molar refractivity (Wildman–Crippen MR) is 84.1 cm³/mol. The second-order valence-electron chi connectivity index (χ2n) is 5.80. The van der Waals surface area contributed by atoms with Crippen LogP contribution in [0.5, 0.6) is 0 Å². The molecule has 0 aliphatic heterocycles. The lowest BCUT2D eigenvalue weighted by Gasteiger charge is -2.27. The van der Waals surface area contributed by atoms with Gasteiger partial charge < -0.3 is 5.11 Å². The highest BCUT2D eigenvalue weighted by atomic mass is 35.5. The predicted octanol–water partition coefficient (Wildman–Crippen LogP) is 3.24. The Morgan fingerprint density at radius 2 is 2.00 bits per heavy atom. The van der Waals surface area contributed by atoms with Crippen LogP contribution in [0.1, 0.15) is 51.8 Å². The summed E-state index contributed by atoms with van der Waals surface area (Å²) < 4.78 is 1.90. The van der Waals surface area contributed by atoms with Crippen LogP contribution in [0.4, 0.5) is 0 Å². The molecule has 1 unspecified atom stereocenters. The van der Waals surface area contributed by atoms with Gasteiger partial charge >= 0.3 is 0 Å². The third-order valence-corrected chi connectivity index (χ3v) is 3.92. The molecule has 0 aliphatic carbocycles. The third-order valence-electron chi connectivity index (χ3n) is 3.50. The molecule has 116 valence electrons. The van der Waals surface area contributed by atoms with Gasteiger partial charge in [0.05, 0.1) is 11.8 Å². The molecule has 0 saturated heterocycles. The van der Waals surface area contributed by atoms with Crippen LogP contribution in [0.2, 0.25) is 5.15 Å². The first-order chi connectivity index (χ1) is 9.36. The molecular formula is C15H28ClN3O. The summed E-state index contributed by atoms with van der Waals surface area (Å²) >= 11 is 6.46. The van der Waals surface area contributed by atoms with Crippen LogP contribution in [0, 0.1) is 6.92 Å². The molecule has 1 heterocycles. The number of aryl methyl sites for hydroxylation is 2. The maximum atomic E-state index is 9.61. The van der Waals surface area contributed by atoms with Crippen molar-refractivity contribution in [3.05, 3.63) is 16.4 Å². The summed E-state index contributed by atoms with van der Waals surface area (Å²) in [6.07, 6.45) is 1.87. The Labute approximate surface area is 127 Å². The zero-order chi connectivity index (χ0) is 15.3. The largest absolute Gasteiger partial charge is 0.392 e. The summed E-state index contributed by atoms with van der Waals surface area (Å²) in [6.45, 7) is 12.5. The molecule has 1 atom stereocenters. The molecule has 0 saturated carbocycles. The lowest BCUT2D eigenvalue weighted by Crippen LogP contribution is -2.36. The number of unbranched alkanes of at least 4 members (excludes halogenated alkanes) is 1. The zero-order valence-corrected chi connectivity index (χ0v) is 14.1. The molecule has 0 spiro atoms. The summed E-state index contributed by atoms with van der Waals surface area (Å²) in [5, 5.41) is 14.9. The fourth-order valence-electron chi connectivity index (χ4n) is 2.23. The molecule has 0 radical (unpaired) electrons. The van der Waals surface area contributed by atoms with E-state index in [1.165, 1.54) is 0 Å². The summed E-state index contributed by atoms with van der Waals surface area (Å²) in [6, 6.07) is 0.360. The van der Waals surface area contributed by atoms with Crippen LogP contribution in [0.3, 0.4) is 0 Å². The van der Waals surface area contributed by atoms with E-state index >= 15 is 0 Å². The Kier molecular flexibility index (Phi) is 7.00. The maximum absolute atomic E-state index is 9.61. The van der Waals surface area contributed by atoms with Crippen LogP contribution in [0.25, 0.3) is 0 Å². The van der Waals surface area contributed by atoms with E-state index < -0.39 is 0 Å². The van der Waals surface area contributed by atoms with Gasteiger partial charge in [0.1, 0.15) is 5.15 Å². The van der Waals surface area contributed by atoms with E-state index in [1.54, 1.807) is 0 Å². The number of halogens is 1. The molecule has 1 aromatic rings. The molecule has 20 heavy (non-hydrogen) atoms. The van der Waals surface area contributed by atoms with E-state index in [1.807, 2.05) is 18.5 Å². The number of nitrogens with zero attached hydrogens (tertiary/aromatic N) is 3. The average molecular weight is 302 g/mol. The Bertz CT molecular complexity index is 415. The SMILES string of the molecule is CCCCn1nc(C)c(CN(CC(C)O)C(C)C)c1Cl. The number of rotatable bonds is 8. The molecule has 0 aromatic carbocycles. The van der Waals surface area contributed by atoms with E-state index in [0.29, 0.717) is 12.6 Å². The highest BCUT2D eigenvalue weighted by Gasteiger charge is 2.19. The summed E-state index contributed by atoms with van der Waals surface area (Å²) in [5.74, 6) is 0. The standard InChI is InChI=1S/C15H28ClN3O/c1-6-7-8-19-15(16)14(13(5)17-19)10-18(11(2)3)9-12(4)20/h11-12,20H,6-10H2,1-5H3. The van der Waals surface area contributed by atoms with Crippen LogP contribution < -0.4 is 0 Å². The van der Waals surface area contributed by atoms with Crippen molar-refractivity contribution in [3.8, 4) is 0 Å². The minimum Gasteiger partial charge on any atom is -0.392 e. The molecular weight excluding hydrogens is 274 g/mol. The van der Waals surface area contributed by atoms with Gasteiger partial charge in [-0.1, -0.05) is 24.9 Å². The van der Waals surface area contributed by atoms with E-state index in [4.69, 9.17) is 11.6 Å². The van der Waals surface area contributed by atoms with Crippen molar-refractivity contribution < 1.29 is 5.11 Å². The quantitative estimate of drug-likeness (QED) is 0.801. The van der Waals surface area contributed by atoms with Gasteiger partial charge in [-0.2, -0.15) is 5.10 Å². The first-order valence-electron chi connectivity index (χ1n) is 7.50. The van der Waals surface area contributed by atoms with Crippen LogP contribution >= 0.6 is 11.6 Å². The van der Waals surface area contributed by atoms with E-state index in [2.05, 4.69) is 30.8 Å². The van der Waals surface area contributed by atoms with Crippen molar-refractivity contribution in [3.63, 3.8) is 0 Å². The van der Waals surface area contributed by atoms with Crippen molar-refractivity contribution in [2.45, 2.75) is 72.7 Å². The van der Waals surface area contributed by atoms with Crippen LogP contribution in [-0.2, 0) is 13.1 Å². The van der Waals surface area contributed by atoms with Gasteiger partial charge in [-0.3, -0.25) is 9.58 Å². The van der Waals surface area contributed by atoms with Crippen LogP contribution in [-0.4, -0.2) is 38.5 Å². The van der Waals surface area contributed by atoms with Gasteiger partial charge in [0.2, 0.25) is 0 Å². The first-order valence-corrected chi connectivity index (χ1v) is 7.88. The lowest BCUT2D eigenvalue weighted by atomic mass is 10.2. The van der Waals surface area contributed by atoms with Gasteiger partial charge in [0, 0.05) is 31.2 Å². The molecule has 0 fully saturated rings. The minimum absolute atomic E-state index is 0.341. The van der Waals surface area contributed by atoms with Gasteiger partial charge in [-0.15, -0.1) is 0 Å². The van der Waals surface area contributed by atoms with Crippen molar-refractivity contribution in [1.29, 1.82) is 0 Å². The number of hydrogen-bond acceptors (Lipinski definition) is 3. The Morgan fingerprint density at radius 1 is 1.35 bits per heavy atom. The molecule has 0 bridgehead atoms. The van der Waals surface area contributed by atoms with Crippen molar-refractivity contribution in [1.82, 2.24) is 14.7 Å². The van der Waals surface area contributed by atoms with Crippen molar-refractivity contribution in [2.24, 2.45) is 0 Å². The lowest BCUT2D eigenvalue weighted by molar-refractivity contribution is 0.103. The maximum Gasteiger partial charge on any atom is 0.131 e. The average Bonchev–Trinajstić information content (AvgIpc) is 2.62. The fraction of sp³-hybridized carbons (Fsp3) is 0.800. The number of aliphatic hydroxyl groups excluding tert-OH is 1. The monoisotopic (exact) mass is 301 g/mol. The minimum atomic E-state index is -0.341. The topological polar surface area (TPSA) is 41.3 Å². The number of hydrogen-bond donors (Lipinski definition) is 1. The summed E-state index contributed by atoms with van der Waals surface area (Å²) in [4.78, 5) is 2.23. The Morgan fingerprint density at radius 3 is 2.50 bits per heavy atom. The molecule has 0 amide bonds. The summed E-state index contributed by atoms with van der Waals surface area (Å²) in [5.41, 5.74) is 2.07. The molecule has 1 N–H and O–H groups in total. The van der Waals surface area contributed by atoms with E-state index in [0.717, 1.165) is 42.3 Å². The smallest absolute Gasteiger partial charge is 0.131 e. The second-order valence-corrected chi connectivity index (χ2v) is 6.16. The highest BCUT2D eigenvalue weighted by molar-refractivity contribution is 6.30. The van der Waals surface area contributed by atoms with Crippen molar-refractivity contribution in [2.75, 3.05) is 6.54 Å². The third kappa shape index (κ3) is 4.76. The molecule has 1 rings (SSSR count). The van der Waals surface area contributed by atoms with Gasteiger partial charge in [-0.05, 0) is 34.1 Å². The highest BCUT2D eigenvalue weighted by Crippen LogP contribution is 2.23. The van der Waals surface area contributed by atoms with Gasteiger partial charge in [-0.25, -0.2) is 0 Å². The molecule has 1 aromatic heterocycles. The van der Waals surface area contributed by atoms with E-state index in [-0.39, 0.29) is 6.10 Å².